The molecule has 96 valence electrons. The normalized spacial score (nSPS) is 23.8. The molecule has 0 aromatic carbocycles. The third-order valence-electron chi connectivity index (χ3n) is 2.90. The van der Waals surface area contributed by atoms with Crippen molar-refractivity contribution in [1.82, 2.24) is 9.71 Å². The van der Waals surface area contributed by atoms with Crippen molar-refractivity contribution in [2.75, 3.05) is 0 Å². The second kappa shape index (κ2) is 5.22. The van der Waals surface area contributed by atoms with E-state index in [1.54, 1.807) is 0 Å². The summed E-state index contributed by atoms with van der Waals surface area (Å²) < 4.78 is 26.7. The van der Waals surface area contributed by atoms with Gasteiger partial charge in [0.1, 0.15) is 16.7 Å². The average Bonchev–Trinajstić information content (AvgIpc) is 2.74. The third kappa shape index (κ3) is 2.80. The lowest BCUT2D eigenvalue weighted by Gasteiger charge is -2.15. The van der Waals surface area contributed by atoms with Crippen molar-refractivity contribution in [3.05, 3.63) is 24.0 Å². The Morgan fingerprint density at radius 2 is 2.22 bits per heavy atom. The molecule has 0 spiro atoms. The van der Waals surface area contributed by atoms with Gasteiger partial charge in [-0.2, -0.15) is 5.26 Å². The molecule has 18 heavy (non-hydrogen) atoms. The number of hydrogen-bond acceptors (Lipinski definition) is 4. The largest absolute Gasteiger partial charge is 0.244 e. The van der Waals surface area contributed by atoms with Crippen molar-refractivity contribution in [3.63, 3.8) is 0 Å². The summed E-state index contributed by atoms with van der Waals surface area (Å²) in [5.41, 5.74) is 0.185. The van der Waals surface area contributed by atoms with Gasteiger partial charge >= 0.3 is 0 Å². The molecule has 1 aliphatic carbocycles. The SMILES string of the molecule is N#Cc1ccc(S(=O)(=O)NC2CCCC2Cl)cn1. The van der Waals surface area contributed by atoms with Crippen molar-refractivity contribution < 1.29 is 8.42 Å². The van der Waals surface area contributed by atoms with E-state index in [1.807, 2.05) is 6.07 Å². The van der Waals surface area contributed by atoms with E-state index < -0.39 is 10.0 Å². The molecule has 1 fully saturated rings. The van der Waals surface area contributed by atoms with Gasteiger partial charge in [0.25, 0.3) is 0 Å². The Morgan fingerprint density at radius 3 is 2.72 bits per heavy atom. The minimum atomic E-state index is -3.61. The van der Waals surface area contributed by atoms with Crippen LogP contribution in [0.3, 0.4) is 0 Å². The lowest BCUT2D eigenvalue weighted by Crippen LogP contribution is -2.37. The third-order valence-corrected chi connectivity index (χ3v) is 4.90. The molecule has 1 saturated carbocycles. The van der Waals surface area contributed by atoms with E-state index in [4.69, 9.17) is 16.9 Å². The minimum Gasteiger partial charge on any atom is -0.244 e. The van der Waals surface area contributed by atoms with Crippen molar-refractivity contribution in [1.29, 1.82) is 5.26 Å². The molecule has 1 aliphatic rings. The lowest BCUT2D eigenvalue weighted by atomic mass is 10.3. The molecular formula is C11H12ClN3O2S. The highest BCUT2D eigenvalue weighted by molar-refractivity contribution is 7.89. The number of halogens is 1. The summed E-state index contributed by atoms with van der Waals surface area (Å²) in [6.07, 6.45) is 3.67. The Bertz CT molecular complexity index is 565. The first-order valence-corrected chi connectivity index (χ1v) is 7.47. The van der Waals surface area contributed by atoms with Crippen molar-refractivity contribution in [3.8, 4) is 6.07 Å². The van der Waals surface area contributed by atoms with Crippen molar-refractivity contribution in [2.45, 2.75) is 35.6 Å². The molecule has 0 amide bonds. The molecule has 2 rings (SSSR count). The first kappa shape index (κ1) is 13.3. The molecule has 0 bridgehead atoms. The molecule has 0 saturated heterocycles. The van der Waals surface area contributed by atoms with Gasteiger partial charge in [-0.25, -0.2) is 18.1 Å². The van der Waals surface area contributed by atoms with Crippen LogP contribution in [0.5, 0.6) is 0 Å². The number of hydrogen-bond donors (Lipinski definition) is 1. The Labute approximate surface area is 111 Å². The van der Waals surface area contributed by atoms with Gasteiger partial charge in [-0.3, -0.25) is 0 Å². The predicted octanol–water partition coefficient (Wildman–Crippen LogP) is 1.39. The maximum atomic E-state index is 12.0. The molecule has 1 aromatic heterocycles. The van der Waals surface area contributed by atoms with Crippen LogP contribution in [0.4, 0.5) is 0 Å². The molecule has 2 unspecified atom stereocenters. The quantitative estimate of drug-likeness (QED) is 0.851. The number of alkyl halides is 1. The smallest absolute Gasteiger partial charge is 0.242 e. The van der Waals surface area contributed by atoms with Crippen LogP contribution in [0, 0.1) is 11.3 Å². The summed E-state index contributed by atoms with van der Waals surface area (Å²) in [7, 11) is -3.61. The summed E-state index contributed by atoms with van der Waals surface area (Å²) in [6, 6.07) is 4.35. The molecule has 1 heterocycles. The van der Waals surface area contributed by atoms with Crippen LogP contribution >= 0.6 is 11.6 Å². The standard InChI is InChI=1S/C11H12ClN3O2S/c12-10-2-1-3-11(10)15-18(16,17)9-5-4-8(6-13)14-7-9/h4-5,7,10-11,15H,1-3H2. The minimum absolute atomic E-state index is 0.0530. The highest BCUT2D eigenvalue weighted by atomic mass is 35.5. The molecule has 5 nitrogen and oxygen atoms in total. The Kier molecular flexibility index (Phi) is 3.85. The number of sulfonamides is 1. The van der Waals surface area contributed by atoms with E-state index in [0.29, 0.717) is 0 Å². The highest BCUT2D eigenvalue weighted by Crippen LogP contribution is 2.25. The van der Waals surface area contributed by atoms with Crippen LogP contribution in [-0.2, 0) is 10.0 Å². The molecular weight excluding hydrogens is 274 g/mol. The molecule has 1 aromatic rings. The Balaban J connectivity index is 2.17. The summed E-state index contributed by atoms with van der Waals surface area (Å²) in [6.45, 7) is 0. The molecule has 0 radical (unpaired) electrons. The summed E-state index contributed by atoms with van der Waals surface area (Å²) in [4.78, 5) is 3.80. The van der Waals surface area contributed by atoms with Gasteiger partial charge in [0.05, 0.1) is 0 Å². The van der Waals surface area contributed by atoms with Gasteiger partial charge in [0.2, 0.25) is 10.0 Å². The molecule has 0 aliphatic heterocycles. The van der Waals surface area contributed by atoms with E-state index in [9.17, 15) is 8.42 Å². The van der Waals surface area contributed by atoms with E-state index in [0.717, 1.165) is 19.3 Å². The number of nitriles is 1. The number of aromatic nitrogens is 1. The highest BCUT2D eigenvalue weighted by Gasteiger charge is 2.29. The van der Waals surface area contributed by atoms with Crippen LogP contribution in [0.1, 0.15) is 25.0 Å². The first-order valence-electron chi connectivity index (χ1n) is 5.55. The van der Waals surface area contributed by atoms with Gasteiger partial charge in [0.15, 0.2) is 0 Å². The first-order chi connectivity index (χ1) is 8.53. The Morgan fingerprint density at radius 1 is 1.44 bits per heavy atom. The van der Waals surface area contributed by atoms with E-state index in [2.05, 4.69) is 9.71 Å². The van der Waals surface area contributed by atoms with Crippen LogP contribution in [0.2, 0.25) is 0 Å². The number of nitrogens with zero attached hydrogens (tertiary/aromatic N) is 2. The molecule has 7 heteroatoms. The van der Waals surface area contributed by atoms with Crippen LogP contribution in [-0.4, -0.2) is 24.8 Å². The summed E-state index contributed by atoms with van der Waals surface area (Å²) >= 11 is 6.03. The maximum Gasteiger partial charge on any atom is 0.242 e. The van der Waals surface area contributed by atoms with Gasteiger partial charge in [-0.05, 0) is 25.0 Å². The number of pyridine rings is 1. The fraction of sp³-hybridized carbons (Fsp3) is 0.455. The maximum absolute atomic E-state index is 12.0. The fourth-order valence-corrected chi connectivity index (χ4v) is 3.59. The van der Waals surface area contributed by atoms with Gasteiger partial charge in [-0.15, -0.1) is 11.6 Å². The van der Waals surface area contributed by atoms with Crippen molar-refractivity contribution in [2.24, 2.45) is 0 Å². The fourth-order valence-electron chi connectivity index (χ4n) is 1.92. The monoisotopic (exact) mass is 285 g/mol. The van der Waals surface area contributed by atoms with Crippen LogP contribution in [0.25, 0.3) is 0 Å². The van der Waals surface area contributed by atoms with E-state index in [1.165, 1.54) is 18.3 Å². The van der Waals surface area contributed by atoms with Gasteiger partial charge in [-0.1, -0.05) is 6.42 Å². The molecule has 1 N–H and O–H groups in total. The van der Waals surface area contributed by atoms with Crippen LogP contribution in [0.15, 0.2) is 23.2 Å². The van der Waals surface area contributed by atoms with E-state index in [-0.39, 0.29) is 22.0 Å². The zero-order chi connectivity index (χ0) is 13.2. The number of rotatable bonds is 3. The zero-order valence-corrected chi connectivity index (χ0v) is 11.1. The second-order valence-corrected chi connectivity index (χ2v) is 6.44. The van der Waals surface area contributed by atoms with Crippen LogP contribution < -0.4 is 4.72 Å². The second-order valence-electron chi connectivity index (χ2n) is 4.17. The zero-order valence-electron chi connectivity index (χ0n) is 9.51. The Hall–Kier alpha value is -1.16. The predicted molar refractivity (Wildman–Crippen MR) is 66.6 cm³/mol. The van der Waals surface area contributed by atoms with Crippen molar-refractivity contribution >= 4 is 21.6 Å². The van der Waals surface area contributed by atoms with E-state index >= 15 is 0 Å². The summed E-state index contributed by atoms with van der Waals surface area (Å²) in [5.74, 6) is 0. The molecule has 2 atom stereocenters. The number of nitrogens with one attached hydrogen (secondary N) is 1. The van der Waals surface area contributed by atoms with Gasteiger partial charge in [0, 0.05) is 17.6 Å². The summed E-state index contributed by atoms with van der Waals surface area (Å²) in [5, 5.41) is 8.44. The van der Waals surface area contributed by atoms with Gasteiger partial charge < -0.3 is 0 Å². The average molecular weight is 286 g/mol. The lowest BCUT2D eigenvalue weighted by molar-refractivity contribution is 0.553. The topological polar surface area (TPSA) is 82.8 Å².